The number of carbonyl (C=O) groups excluding carboxylic acids is 2. The van der Waals surface area contributed by atoms with Crippen molar-refractivity contribution in [3.63, 3.8) is 0 Å². The minimum Gasteiger partial charge on any atom is -0.489 e. The van der Waals surface area contributed by atoms with E-state index in [1.54, 1.807) is 23.1 Å². The van der Waals surface area contributed by atoms with E-state index in [9.17, 15) is 9.59 Å². The van der Waals surface area contributed by atoms with Crippen molar-refractivity contribution in [1.82, 2.24) is 4.90 Å². The van der Waals surface area contributed by atoms with Crippen molar-refractivity contribution in [3.05, 3.63) is 54.1 Å². The Bertz CT molecular complexity index is 801. The molecule has 0 spiro atoms. The highest BCUT2D eigenvalue weighted by molar-refractivity contribution is 5.96. The molecule has 6 nitrogen and oxygen atoms in total. The molecule has 0 radical (unpaired) electrons. The molecule has 2 N–H and O–H groups in total. The Labute approximate surface area is 166 Å². The SMILES string of the molecule is CCN(CC)C(=O)c1cccc(NCC(=O)Nc2ccccc2OC(C)C)c1. The molecule has 0 unspecified atom stereocenters. The molecule has 6 heteroatoms. The second-order valence-corrected chi connectivity index (χ2v) is 6.62. The van der Waals surface area contributed by atoms with Crippen LogP contribution in [0.2, 0.25) is 0 Å². The number of benzene rings is 2. The van der Waals surface area contributed by atoms with E-state index >= 15 is 0 Å². The van der Waals surface area contributed by atoms with Gasteiger partial charge in [-0.2, -0.15) is 0 Å². The van der Waals surface area contributed by atoms with Crippen molar-refractivity contribution in [2.75, 3.05) is 30.3 Å². The van der Waals surface area contributed by atoms with E-state index in [2.05, 4.69) is 10.6 Å². The highest BCUT2D eigenvalue weighted by Gasteiger charge is 2.13. The maximum absolute atomic E-state index is 12.5. The van der Waals surface area contributed by atoms with Crippen LogP contribution in [0.3, 0.4) is 0 Å². The summed E-state index contributed by atoms with van der Waals surface area (Å²) in [6.45, 7) is 9.18. The first-order valence-corrected chi connectivity index (χ1v) is 9.63. The summed E-state index contributed by atoms with van der Waals surface area (Å²) in [7, 11) is 0. The average molecular weight is 383 g/mol. The van der Waals surface area contributed by atoms with Crippen molar-refractivity contribution < 1.29 is 14.3 Å². The Hall–Kier alpha value is -3.02. The zero-order valence-electron chi connectivity index (χ0n) is 17.0. The van der Waals surface area contributed by atoms with Crippen LogP contribution in [0.4, 0.5) is 11.4 Å². The number of nitrogens with zero attached hydrogens (tertiary/aromatic N) is 1. The fourth-order valence-corrected chi connectivity index (χ4v) is 2.76. The van der Waals surface area contributed by atoms with E-state index in [0.29, 0.717) is 30.1 Å². The summed E-state index contributed by atoms with van der Waals surface area (Å²) in [5.41, 5.74) is 1.96. The van der Waals surface area contributed by atoms with Crippen LogP contribution in [0.1, 0.15) is 38.1 Å². The van der Waals surface area contributed by atoms with Gasteiger partial charge in [0, 0.05) is 24.3 Å². The molecule has 0 saturated carbocycles. The van der Waals surface area contributed by atoms with Gasteiger partial charge in [0.05, 0.1) is 18.3 Å². The van der Waals surface area contributed by atoms with Gasteiger partial charge in [-0.1, -0.05) is 18.2 Å². The van der Waals surface area contributed by atoms with Crippen LogP contribution in [-0.4, -0.2) is 42.5 Å². The Morgan fingerprint density at radius 3 is 2.43 bits per heavy atom. The van der Waals surface area contributed by atoms with E-state index in [0.717, 1.165) is 5.69 Å². The van der Waals surface area contributed by atoms with E-state index in [4.69, 9.17) is 4.74 Å². The van der Waals surface area contributed by atoms with Gasteiger partial charge < -0.3 is 20.3 Å². The third-order valence-corrected chi connectivity index (χ3v) is 4.14. The standard InChI is InChI=1S/C22H29N3O3/c1-5-25(6-2)22(27)17-10-9-11-18(14-17)23-15-21(26)24-19-12-7-8-13-20(19)28-16(3)4/h7-14,16,23H,5-6,15H2,1-4H3,(H,24,26). The van der Waals surface area contributed by atoms with Crippen LogP contribution >= 0.6 is 0 Å². The zero-order chi connectivity index (χ0) is 20.5. The van der Waals surface area contributed by atoms with Gasteiger partial charge in [0.1, 0.15) is 5.75 Å². The van der Waals surface area contributed by atoms with Gasteiger partial charge in [0.15, 0.2) is 0 Å². The minimum atomic E-state index is -0.194. The highest BCUT2D eigenvalue weighted by Crippen LogP contribution is 2.24. The van der Waals surface area contributed by atoms with E-state index in [-0.39, 0.29) is 24.5 Å². The van der Waals surface area contributed by atoms with Crippen LogP contribution in [-0.2, 0) is 4.79 Å². The number of carbonyl (C=O) groups is 2. The third kappa shape index (κ3) is 6.01. The van der Waals surface area contributed by atoms with Crippen molar-refractivity contribution in [1.29, 1.82) is 0 Å². The molecule has 0 fully saturated rings. The molecule has 0 atom stereocenters. The van der Waals surface area contributed by atoms with Gasteiger partial charge in [0.25, 0.3) is 5.91 Å². The molecule has 0 bridgehead atoms. The second-order valence-electron chi connectivity index (χ2n) is 6.62. The largest absolute Gasteiger partial charge is 0.489 e. The monoisotopic (exact) mass is 383 g/mol. The van der Waals surface area contributed by atoms with Gasteiger partial charge in [-0.3, -0.25) is 9.59 Å². The molecule has 2 aromatic rings. The molecule has 0 heterocycles. The first-order valence-electron chi connectivity index (χ1n) is 9.63. The van der Waals surface area contributed by atoms with Crippen LogP contribution < -0.4 is 15.4 Å². The number of amides is 2. The minimum absolute atomic E-state index is 0.0159. The normalized spacial score (nSPS) is 10.5. The Kier molecular flexibility index (Phi) is 7.87. The van der Waals surface area contributed by atoms with E-state index in [1.165, 1.54) is 0 Å². The lowest BCUT2D eigenvalue weighted by atomic mass is 10.1. The lowest BCUT2D eigenvalue weighted by Gasteiger charge is -2.19. The number of hydrogen-bond donors (Lipinski definition) is 2. The molecule has 2 aromatic carbocycles. The number of hydrogen-bond acceptors (Lipinski definition) is 4. The predicted octanol–water partition coefficient (Wildman–Crippen LogP) is 4.01. The van der Waals surface area contributed by atoms with Gasteiger partial charge in [0.2, 0.25) is 5.91 Å². The van der Waals surface area contributed by atoms with Gasteiger partial charge >= 0.3 is 0 Å². The number of anilines is 2. The predicted molar refractivity (Wildman–Crippen MR) is 113 cm³/mol. The lowest BCUT2D eigenvalue weighted by molar-refractivity contribution is -0.114. The summed E-state index contributed by atoms with van der Waals surface area (Å²) in [4.78, 5) is 26.6. The molecule has 0 aliphatic carbocycles. The molecule has 28 heavy (non-hydrogen) atoms. The summed E-state index contributed by atoms with van der Waals surface area (Å²) >= 11 is 0. The number of nitrogens with one attached hydrogen (secondary N) is 2. The van der Waals surface area contributed by atoms with E-state index < -0.39 is 0 Å². The molecule has 0 aliphatic heterocycles. The van der Waals surface area contributed by atoms with Crippen LogP contribution in [0.5, 0.6) is 5.75 Å². The van der Waals surface area contributed by atoms with Gasteiger partial charge in [-0.15, -0.1) is 0 Å². The van der Waals surface area contributed by atoms with Crippen molar-refractivity contribution in [2.45, 2.75) is 33.8 Å². The lowest BCUT2D eigenvalue weighted by Crippen LogP contribution is -2.30. The van der Waals surface area contributed by atoms with Crippen molar-refractivity contribution in [3.8, 4) is 5.75 Å². The summed E-state index contributed by atoms with van der Waals surface area (Å²) < 4.78 is 5.72. The first kappa shape index (κ1) is 21.3. The number of rotatable bonds is 9. The topological polar surface area (TPSA) is 70.7 Å². The maximum Gasteiger partial charge on any atom is 0.253 e. The Morgan fingerprint density at radius 2 is 1.75 bits per heavy atom. The van der Waals surface area contributed by atoms with Crippen LogP contribution in [0.15, 0.2) is 48.5 Å². The van der Waals surface area contributed by atoms with Crippen LogP contribution in [0, 0.1) is 0 Å². The molecule has 150 valence electrons. The third-order valence-electron chi connectivity index (χ3n) is 4.14. The van der Waals surface area contributed by atoms with Crippen molar-refractivity contribution in [2.24, 2.45) is 0 Å². The summed E-state index contributed by atoms with van der Waals surface area (Å²) in [5, 5.41) is 5.93. The smallest absolute Gasteiger partial charge is 0.253 e. The summed E-state index contributed by atoms with van der Waals surface area (Å²) in [6.07, 6.45) is 0.0160. The van der Waals surface area contributed by atoms with Gasteiger partial charge in [-0.05, 0) is 58.0 Å². The molecule has 2 amide bonds. The first-order chi connectivity index (χ1) is 13.4. The summed E-state index contributed by atoms with van der Waals surface area (Å²) in [6, 6.07) is 14.5. The summed E-state index contributed by atoms with van der Waals surface area (Å²) in [5.74, 6) is 0.427. The molecule has 0 saturated heterocycles. The molecular formula is C22H29N3O3. The van der Waals surface area contributed by atoms with Gasteiger partial charge in [-0.25, -0.2) is 0 Å². The second kappa shape index (κ2) is 10.3. The van der Waals surface area contributed by atoms with E-state index in [1.807, 2.05) is 58.0 Å². The number of para-hydroxylation sites is 2. The molecule has 2 rings (SSSR count). The molecular weight excluding hydrogens is 354 g/mol. The number of ether oxygens (including phenoxy) is 1. The molecule has 0 aliphatic rings. The Morgan fingerprint density at radius 1 is 1.04 bits per heavy atom. The fourth-order valence-electron chi connectivity index (χ4n) is 2.76. The maximum atomic E-state index is 12.5. The average Bonchev–Trinajstić information content (AvgIpc) is 2.68. The van der Waals surface area contributed by atoms with Crippen LogP contribution in [0.25, 0.3) is 0 Å². The fraction of sp³-hybridized carbons (Fsp3) is 0.364. The molecule has 0 aromatic heterocycles. The highest BCUT2D eigenvalue weighted by atomic mass is 16.5. The quantitative estimate of drug-likeness (QED) is 0.686. The Balaban J connectivity index is 1.98. The zero-order valence-corrected chi connectivity index (χ0v) is 17.0. The van der Waals surface area contributed by atoms with Crippen molar-refractivity contribution >= 4 is 23.2 Å².